The van der Waals surface area contributed by atoms with Gasteiger partial charge in [-0.15, -0.1) is 0 Å². The van der Waals surface area contributed by atoms with Gasteiger partial charge in [0.15, 0.2) is 0 Å². The molecular weight excluding hydrogens is 250 g/mol. The van der Waals surface area contributed by atoms with Crippen LogP contribution in [-0.4, -0.2) is 10.9 Å². The standard InChI is InChI=1S/C16H17N3O/c1-11-10-18-9-6-14(11)19-15(20)16(7-8-16)12-2-4-13(17)5-3-12/h2-6,9-10H,7-8,17H2,1H3,(H,18,19,20). The Kier molecular flexibility index (Phi) is 2.93. The summed E-state index contributed by atoms with van der Waals surface area (Å²) in [4.78, 5) is 16.6. The summed E-state index contributed by atoms with van der Waals surface area (Å²) in [6.45, 7) is 1.94. The van der Waals surface area contributed by atoms with E-state index in [1.807, 2.05) is 37.3 Å². The molecule has 1 aromatic carbocycles. The lowest BCUT2D eigenvalue weighted by Gasteiger charge is -2.17. The largest absolute Gasteiger partial charge is 0.399 e. The molecule has 3 rings (SSSR count). The molecule has 4 nitrogen and oxygen atoms in total. The number of aryl methyl sites for hydroxylation is 1. The Labute approximate surface area is 118 Å². The molecule has 1 amide bonds. The molecule has 0 spiro atoms. The van der Waals surface area contributed by atoms with E-state index in [0.717, 1.165) is 35.3 Å². The minimum Gasteiger partial charge on any atom is -0.399 e. The first-order chi connectivity index (χ1) is 9.62. The predicted octanol–water partition coefficient (Wildman–Crippen LogP) is 2.64. The number of benzene rings is 1. The number of aromatic nitrogens is 1. The van der Waals surface area contributed by atoms with E-state index in [9.17, 15) is 4.79 Å². The van der Waals surface area contributed by atoms with Crippen molar-refractivity contribution >= 4 is 17.3 Å². The van der Waals surface area contributed by atoms with Gasteiger partial charge < -0.3 is 11.1 Å². The summed E-state index contributed by atoms with van der Waals surface area (Å²) >= 11 is 0. The van der Waals surface area contributed by atoms with Crippen LogP contribution >= 0.6 is 0 Å². The van der Waals surface area contributed by atoms with Gasteiger partial charge in [-0.1, -0.05) is 12.1 Å². The quantitative estimate of drug-likeness (QED) is 0.840. The third-order valence-corrected chi connectivity index (χ3v) is 3.92. The summed E-state index contributed by atoms with van der Waals surface area (Å²) in [5, 5.41) is 3.02. The highest BCUT2D eigenvalue weighted by atomic mass is 16.2. The number of amides is 1. The Morgan fingerprint density at radius 3 is 2.55 bits per heavy atom. The maximum atomic E-state index is 12.6. The second kappa shape index (κ2) is 4.63. The van der Waals surface area contributed by atoms with Crippen molar-refractivity contribution in [1.29, 1.82) is 0 Å². The summed E-state index contributed by atoms with van der Waals surface area (Å²) < 4.78 is 0. The van der Waals surface area contributed by atoms with Crippen molar-refractivity contribution in [2.45, 2.75) is 25.2 Å². The molecule has 0 unspecified atom stereocenters. The first-order valence-electron chi connectivity index (χ1n) is 6.70. The lowest BCUT2D eigenvalue weighted by molar-refractivity contribution is -0.118. The average molecular weight is 267 g/mol. The summed E-state index contributed by atoms with van der Waals surface area (Å²) in [5.41, 5.74) is 8.86. The predicted molar refractivity (Wildman–Crippen MR) is 79.4 cm³/mol. The van der Waals surface area contributed by atoms with Gasteiger partial charge in [0.25, 0.3) is 0 Å². The molecule has 0 bridgehead atoms. The molecule has 2 aromatic rings. The topological polar surface area (TPSA) is 68.0 Å². The minimum atomic E-state index is -0.386. The van der Waals surface area contributed by atoms with Crippen LogP contribution in [0.15, 0.2) is 42.7 Å². The van der Waals surface area contributed by atoms with Crippen molar-refractivity contribution in [3.8, 4) is 0 Å². The summed E-state index contributed by atoms with van der Waals surface area (Å²) in [5.74, 6) is 0.0524. The Morgan fingerprint density at radius 1 is 1.25 bits per heavy atom. The fourth-order valence-electron chi connectivity index (χ4n) is 2.43. The van der Waals surface area contributed by atoms with Crippen LogP contribution in [0, 0.1) is 6.92 Å². The van der Waals surface area contributed by atoms with Gasteiger partial charge in [0.1, 0.15) is 0 Å². The van der Waals surface area contributed by atoms with Crippen LogP contribution < -0.4 is 11.1 Å². The molecule has 1 aromatic heterocycles. The van der Waals surface area contributed by atoms with Gasteiger partial charge in [-0.3, -0.25) is 9.78 Å². The Hall–Kier alpha value is -2.36. The molecule has 0 atom stereocenters. The molecule has 0 radical (unpaired) electrons. The normalized spacial score (nSPS) is 15.7. The number of nitrogens with two attached hydrogens (primary N) is 1. The number of anilines is 2. The highest BCUT2D eigenvalue weighted by Crippen LogP contribution is 2.49. The molecule has 102 valence electrons. The molecule has 1 aliphatic carbocycles. The van der Waals surface area contributed by atoms with Crippen molar-refractivity contribution in [3.05, 3.63) is 53.9 Å². The number of carbonyl (C=O) groups is 1. The number of carbonyl (C=O) groups excluding carboxylic acids is 1. The average Bonchev–Trinajstić information content (AvgIpc) is 3.24. The van der Waals surface area contributed by atoms with E-state index >= 15 is 0 Å². The number of nitrogen functional groups attached to an aromatic ring is 1. The van der Waals surface area contributed by atoms with E-state index in [1.54, 1.807) is 12.4 Å². The van der Waals surface area contributed by atoms with Crippen molar-refractivity contribution in [1.82, 2.24) is 4.98 Å². The summed E-state index contributed by atoms with van der Waals surface area (Å²) in [6.07, 6.45) is 5.20. The lowest BCUT2D eigenvalue weighted by Crippen LogP contribution is -2.28. The first kappa shape index (κ1) is 12.7. The fraction of sp³-hybridized carbons (Fsp3) is 0.250. The minimum absolute atomic E-state index is 0.0524. The van der Waals surface area contributed by atoms with Crippen LogP contribution in [0.5, 0.6) is 0 Å². The Bertz CT molecular complexity index is 645. The first-order valence-corrected chi connectivity index (χ1v) is 6.70. The number of rotatable bonds is 3. The van der Waals surface area contributed by atoms with E-state index in [-0.39, 0.29) is 11.3 Å². The highest BCUT2D eigenvalue weighted by Gasteiger charge is 2.51. The van der Waals surface area contributed by atoms with Crippen LogP contribution in [0.2, 0.25) is 0 Å². The Morgan fingerprint density at radius 2 is 1.95 bits per heavy atom. The molecule has 1 heterocycles. The van der Waals surface area contributed by atoms with Crippen molar-refractivity contribution in [3.63, 3.8) is 0 Å². The zero-order chi connectivity index (χ0) is 14.2. The van der Waals surface area contributed by atoms with E-state index in [0.29, 0.717) is 0 Å². The SMILES string of the molecule is Cc1cnccc1NC(=O)C1(c2ccc(N)cc2)CC1. The number of hydrogen-bond donors (Lipinski definition) is 2. The molecule has 20 heavy (non-hydrogen) atoms. The van der Waals surface area contributed by atoms with Crippen LogP contribution in [0.1, 0.15) is 24.0 Å². The maximum Gasteiger partial charge on any atom is 0.235 e. The number of hydrogen-bond acceptors (Lipinski definition) is 3. The molecule has 3 N–H and O–H groups in total. The van der Waals surface area contributed by atoms with Crippen LogP contribution in [0.3, 0.4) is 0 Å². The zero-order valence-corrected chi connectivity index (χ0v) is 11.4. The number of nitrogens with zero attached hydrogens (tertiary/aromatic N) is 1. The second-order valence-corrected chi connectivity index (χ2v) is 5.35. The molecule has 4 heteroatoms. The molecule has 0 saturated heterocycles. The van der Waals surface area contributed by atoms with Crippen LogP contribution in [0.4, 0.5) is 11.4 Å². The van der Waals surface area contributed by atoms with E-state index in [2.05, 4.69) is 10.3 Å². The van der Waals surface area contributed by atoms with Gasteiger partial charge in [0.05, 0.1) is 5.41 Å². The maximum absolute atomic E-state index is 12.6. The van der Waals surface area contributed by atoms with Gasteiger partial charge in [0, 0.05) is 23.8 Å². The van der Waals surface area contributed by atoms with E-state index < -0.39 is 0 Å². The van der Waals surface area contributed by atoms with Gasteiger partial charge in [-0.25, -0.2) is 0 Å². The third-order valence-electron chi connectivity index (χ3n) is 3.92. The summed E-state index contributed by atoms with van der Waals surface area (Å²) in [6, 6.07) is 9.41. The van der Waals surface area contributed by atoms with Gasteiger partial charge in [0.2, 0.25) is 5.91 Å². The number of pyridine rings is 1. The van der Waals surface area contributed by atoms with Gasteiger partial charge in [-0.2, -0.15) is 0 Å². The van der Waals surface area contributed by atoms with Crippen molar-refractivity contribution < 1.29 is 4.79 Å². The molecule has 1 fully saturated rings. The van der Waals surface area contributed by atoms with Crippen molar-refractivity contribution in [2.24, 2.45) is 0 Å². The van der Waals surface area contributed by atoms with Crippen LogP contribution in [0.25, 0.3) is 0 Å². The van der Waals surface area contributed by atoms with E-state index in [1.165, 1.54) is 0 Å². The number of nitrogens with one attached hydrogen (secondary N) is 1. The molecule has 1 saturated carbocycles. The highest BCUT2D eigenvalue weighted by molar-refractivity contribution is 6.01. The van der Waals surface area contributed by atoms with Crippen LogP contribution in [-0.2, 0) is 10.2 Å². The van der Waals surface area contributed by atoms with Crippen molar-refractivity contribution in [2.75, 3.05) is 11.1 Å². The van der Waals surface area contributed by atoms with E-state index in [4.69, 9.17) is 5.73 Å². The Balaban J connectivity index is 1.84. The van der Waals surface area contributed by atoms with Gasteiger partial charge in [-0.05, 0) is 49.1 Å². The molecular formula is C16H17N3O. The molecule has 1 aliphatic rings. The fourth-order valence-corrected chi connectivity index (χ4v) is 2.43. The third kappa shape index (κ3) is 2.13. The van der Waals surface area contributed by atoms with Gasteiger partial charge >= 0.3 is 0 Å². The zero-order valence-electron chi connectivity index (χ0n) is 11.4. The molecule has 0 aliphatic heterocycles. The smallest absolute Gasteiger partial charge is 0.235 e. The lowest BCUT2D eigenvalue weighted by atomic mass is 9.94. The second-order valence-electron chi connectivity index (χ2n) is 5.35. The monoisotopic (exact) mass is 267 g/mol. The summed E-state index contributed by atoms with van der Waals surface area (Å²) in [7, 11) is 0.